The average Bonchev–Trinajstić information content (AvgIpc) is 3.24. The Kier molecular flexibility index (Phi) is 6.50. The van der Waals surface area contributed by atoms with E-state index in [2.05, 4.69) is 9.80 Å². The minimum absolute atomic E-state index is 0.103. The predicted molar refractivity (Wildman–Crippen MR) is 98.5 cm³/mol. The van der Waals surface area contributed by atoms with E-state index in [1.165, 1.54) is 6.07 Å². The topological polar surface area (TPSA) is 42.0 Å². The van der Waals surface area contributed by atoms with Crippen LogP contribution in [-0.2, 0) is 10.9 Å². The normalized spacial score (nSPS) is 23.9. The molecule has 0 aliphatic carbocycles. The van der Waals surface area contributed by atoms with E-state index in [9.17, 15) is 18.0 Å². The van der Waals surface area contributed by atoms with Gasteiger partial charge in [-0.05, 0) is 71.1 Å². The first-order valence-corrected chi connectivity index (χ1v) is 9.67. The summed E-state index contributed by atoms with van der Waals surface area (Å²) in [6, 6.07) is 3.28. The molecule has 0 N–H and O–H groups in total. The van der Waals surface area contributed by atoms with Crippen LogP contribution >= 0.6 is 0 Å². The van der Waals surface area contributed by atoms with Crippen LogP contribution in [0.1, 0.15) is 41.6 Å². The van der Waals surface area contributed by atoms with Crippen LogP contribution in [-0.4, -0.2) is 68.3 Å². The van der Waals surface area contributed by atoms with Crippen molar-refractivity contribution in [2.45, 2.75) is 43.9 Å². The summed E-state index contributed by atoms with van der Waals surface area (Å²) in [6.07, 6.45) is -0.591. The fourth-order valence-corrected chi connectivity index (χ4v) is 3.81. The summed E-state index contributed by atoms with van der Waals surface area (Å²) in [5.74, 6) is -0.640. The number of likely N-dealkylation sites (tertiary alicyclic amines) is 2. The molecule has 2 fully saturated rings. The molecular weight excluding hydrogens is 373 g/mol. The molecule has 0 radical (unpaired) electrons. The molecule has 0 aromatic heterocycles. The van der Waals surface area contributed by atoms with Gasteiger partial charge in [0.25, 0.3) is 0 Å². The number of carbonyl (C=O) groups excluding carboxylic acids is 1. The fraction of sp³-hybridized carbons (Fsp3) is 0.650. The number of ether oxygens (including phenoxy) is 2. The van der Waals surface area contributed by atoms with Crippen molar-refractivity contribution in [1.82, 2.24) is 9.80 Å². The molecule has 1 unspecified atom stereocenters. The molecule has 1 aromatic carbocycles. The summed E-state index contributed by atoms with van der Waals surface area (Å²) in [6.45, 7) is 2.38. The van der Waals surface area contributed by atoms with Gasteiger partial charge in [0.2, 0.25) is 0 Å². The third-order valence-electron chi connectivity index (χ3n) is 5.71. The highest BCUT2D eigenvalue weighted by Crippen LogP contribution is 2.33. The molecule has 2 aliphatic heterocycles. The summed E-state index contributed by atoms with van der Waals surface area (Å²) in [4.78, 5) is 16.8. The molecule has 2 aliphatic rings. The highest BCUT2D eigenvalue weighted by molar-refractivity contribution is 5.92. The number of rotatable bonds is 6. The van der Waals surface area contributed by atoms with E-state index < -0.39 is 17.7 Å². The van der Waals surface area contributed by atoms with Gasteiger partial charge in [0.15, 0.2) is 0 Å². The van der Waals surface area contributed by atoms with Crippen molar-refractivity contribution in [2.24, 2.45) is 0 Å². The Balaban J connectivity index is 1.73. The lowest BCUT2D eigenvalue weighted by atomic mass is 10.1. The zero-order valence-corrected chi connectivity index (χ0v) is 16.3. The number of nitrogens with zero attached hydrogens (tertiary/aromatic N) is 2. The lowest BCUT2D eigenvalue weighted by Crippen LogP contribution is -2.31. The van der Waals surface area contributed by atoms with Gasteiger partial charge in [-0.2, -0.15) is 13.2 Å². The van der Waals surface area contributed by atoms with E-state index in [4.69, 9.17) is 9.47 Å². The third kappa shape index (κ3) is 4.97. The second-order valence-electron chi connectivity index (χ2n) is 7.67. The van der Waals surface area contributed by atoms with Gasteiger partial charge in [0.05, 0.1) is 5.56 Å². The van der Waals surface area contributed by atoms with Crippen LogP contribution < -0.4 is 4.74 Å². The van der Waals surface area contributed by atoms with Crippen molar-refractivity contribution >= 4 is 5.97 Å². The van der Waals surface area contributed by atoms with Gasteiger partial charge >= 0.3 is 12.1 Å². The molecule has 8 heteroatoms. The lowest BCUT2D eigenvalue weighted by Gasteiger charge is -2.22. The Hall–Kier alpha value is -1.80. The van der Waals surface area contributed by atoms with Crippen LogP contribution in [0.3, 0.4) is 0 Å². The van der Waals surface area contributed by atoms with Crippen molar-refractivity contribution in [1.29, 1.82) is 0 Å². The largest absolute Gasteiger partial charge is 0.491 e. The summed E-state index contributed by atoms with van der Waals surface area (Å²) >= 11 is 0. The number of likely N-dealkylation sites (N-methyl/N-ethyl adjacent to an activating group) is 2. The summed E-state index contributed by atoms with van der Waals surface area (Å²) in [5, 5.41) is 0. The van der Waals surface area contributed by atoms with Crippen LogP contribution in [0, 0.1) is 0 Å². The maximum Gasteiger partial charge on any atom is 0.416 e. The zero-order valence-electron chi connectivity index (χ0n) is 16.3. The van der Waals surface area contributed by atoms with E-state index in [1.807, 2.05) is 14.1 Å². The van der Waals surface area contributed by atoms with Gasteiger partial charge in [-0.3, -0.25) is 0 Å². The summed E-state index contributed by atoms with van der Waals surface area (Å²) in [5.41, 5.74) is -1.06. The first-order valence-electron chi connectivity index (χ1n) is 9.67. The average molecular weight is 400 g/mol. The highest BCUT2D eigenvalue weighted by atomic mass is 19.4. The molecule has 0 bridgehead atoms. The molecular formula is C20H27F3N2O3. The van der Waals surface area contributed by atoms with Gasteiger partial charge in [-0.1, -0.05) is 0 Å². The van der Waals surface area contributed by atoms with E-state index in [0.29, 0.717) is 6.61 Å². The summed E-state index contributed by atoms with van der Waals surface area (Å²) in [7, 11) is 3.93. The Bertz CT molecular complexity index is 696. The summed E-state index contributed by atoms with van der Waals surface area (Å²) < 4.78 is 50.5. The second-order valence-corrected chi connectivity index (χ2v) is 7.67. The van der Waals surface area contributed by atoms with Crippen molar-refractivity contribution < 1.29 is 27.4 Å². The Morgan fingerprint density at radius 3 is 2.21 bits per heavy atom. The lowest BCUT2D eigenvalue weighted by molar-refractivity contribution is -0.137. The van der Waals surface area contributed by atoms with Gasteiger partial charge < -0.3 is 19.3 Å². The first kappa shape index (κ1) is 20.9. The third-order valence-corrected chi connectivity index (χ3v) is 5.71. The fourth-order valence-electron chi connectivity index (χ4n) is 3.81. The first-order chi connectivity index (χ1) is 13.3. The number of alkyl halides is 3. The van der Waals surface area contributed by atoms with E-state index in [0.717, 1.165) is 50.9 Å². The molecule has 0 spiro atoms. The Morgan fingerprint density at radius 1 is 1.07 bits per heavy atom. The molecule has 0 amide bonds. The molecule has 5 nitrogen and oxygen atoms in total. The SMILES string of the molecule is CN1CCCC1COC(=O)c1cc(C(F)(F)F)ccc1OC[C@@H]1CCCN1C. The molecule has 1 aromatic rings. The van der Waals surface area contributed by atoms with E-state index in [-0.39, 0.29) is 30.0 Å². The van der Waals surface area contributed by atoms with Gasteiger partial charge in [-0.15, -0.1) is 0 Å². The van der Waals surface area contributed by atoms with Crippen LogP contribution in [0.4, 0.5) is 13.2 Å². The van der Waals surface area contributed by atoms with Gasteiger partial charge in [0, 0.05) is 12.1 Å². The minimum atomic E-state index is -4.54. The van der Waals surface area contributed by atoms with Crippen LogP contribution in [0.2, 0.25) is 0 Å². The minimum Gasteiger partial charge on any atom is -0.491 e. The molecule has 28 heavy (non-hydrogen) atoms. The molecule has 3 rings (SSSR count). The highest BCUT2D eigenvalue weighted by Gasteiger charge is 2.33. The van der Waals surface area contributed by atoms with Gasteiger partial charge in [-0.25, -0.2) is 4.79 Å². The number of hydrogen-bond acceptors (Lipinski definition) is 5. The van der Waals surface area contributed by atoms with Crippen molar-refractivity contribution in [2.75, 3.05) is 40.4 Å². The van der Waals surface area contributed by atoms with Crippen molar-refractivity contribution in [3.05, 3.63) is 29.3 Å². The zero-order chi connectivity index (χ0) is 20.3. The van der Waals surface area contributed by atoms with Gasteiger partial charge in [0.1, 0.15) is 24.5 Å². The van der Waals surface area contributed by atoms with Crippen molar-refractivity contribution in [3.63, 3.8) is 0 Å². The maximum absolute atomic E-state index is 13.1. The molecule has 0 saturated carbocycles. The number of halogens is 3. The smallest absolute Gasteiger partial charge is 0.416 e. The number of carbonyl (C=O) groups is 1. The Morgan fingerprint density at radius 2 is 1.68 bits per heavy atom. The molecule has 156 valence electrons. The van der Waals surface area contributed by atoms with E-state index in [1.54, 1.807) is 0 Å². The predicted octanol–water partition coefficient (Wildman–Crippen LogP) is 3.43. The second kappa shape index (κ2) is 8.69. The molecule has 2 saturated heterocycles. The van der Waals surface area contributed by atoms with Crippen LogP contribution in [0.25, 0.3) is 0 Å². The quantitative estimate of drug-likeness (QED) is 0.685. The van der Waals surface area contributed by atoms with E-state index >= 15 is 0 Å². The molecule has 2 atom stereocenters. The maximum atomic E-state index is 13.1. The number of benzene rings is 1. The molecule has 2 heterocycles. The standard InChI is InChI=1S/C20H27F3N2O3/c1-24-9-3-5-15(24)12-27-18-8-7-14(20(21,22)23)11-17(18)19(26)28-13-16-6-4-10-25(16)2/h7-8,11,15-16H,3-6,9-10,12-13H2,1-2H3/t15-,16?/m0/s1. The number of esters is 1. The van der Waals surface area contributed by atoms with Crippen LogP contribution in [0.15, 0.2) is 18.2 Å². The van der Waals surface area contributed by atoms with Crippen molar-refractivity contribution in [3.8, 4) is 5.75 Å². The Labute approximate surface area is 163 Å². The number of hydrogen-bond donors (Lipinski definition) is 0. The van der Waals surface area contributed by atoms with Crippen LogP contribution in [0.5, 0.6) is 5.75 Å². The monoisotopic (exact) mass is 400 g/mol.